The van der Waals surface area contributed by atoms with Crippen LogP contribution in [0.4, 0.5) is 0 Å². The van der Waals surface area contributed by atoms with Crippen LogP contribution in [-0.2, 0) is 112 Å². The normalized spacial score (nSPS) is 28.7. The molecular weight excluding hydrogens is 1580 g/mol. The maximum absolute atomic E-state index is 13.8. The number of unbranched alkanes of at least 4 members (excludes halogenated alkanes) is 10. The molecule has 4 aromatic rings. The highest BCUT2D eigenvalue weighted by molar-refractivity contribution is 5.85. The highest BCUT2D eigenvalue weighted by Crippen LogP contribution is 2.69. The second-order valence-electron chi connectivity index (χ2n) is 34.6. The SMILES string of the molecule is C=CCCCCCCCC(=O)O[C@H](C(=O)OC1=CC[C@@]2(O)[C@H]3Cc4ccc(O)c5c4C2(CCN3C)C1O5)c1ccccc1.C=CCCCCCCCC(=O)O[C@H](C)C(=O)O[C@@H](C)C(=O)OC1=CC[C@@]2(O)[C@H]3Cc4ccc(O)c5c4C2(CCN3C)C1O5.CC(=O)O[C@@H](C)C(=O)O[C@@H](C)C(=O)OC1=CC[C@@]2(O)[C@H]3Cc4ccc(O)c5c4C2(CCN3C)C1O5.O. The molecule has 6 unspecified atom stereocenters. The lowest BCUT2D eigenvalue weighted by Crippen LogP contribution is -2.74. The van der Waals surface area contributed by atoms with Gasteiger partial charge in [-0.15, -0.1) is 13.2 Å². The van der Waals surface area contributed by atoms with E-state index in [4.69, 9.17) is 52.1 Å². The van der Waals surface area contributed by atoms with Crippen molar-refractivity contribution in [2.75, 3.05) is 40.8 Å². The summed E-state index contributed by atoms with van der Waals surface area (Å²) in [5.41, 5.74) is -0.255. The summed E-state index contributed by atoms with van der Waals surface area (Å²) >= 11 is 0. The van der Waals surface area contributed by atoms with E-state index >= 15 is 0 Å². The fourth-order valence-corrected chi connectivity index (χ4v) is 21.4. The number of nitrogens with zero attached hydrogens (tertiary/aromatic N) is 3. The molecule has 8 N–H and O–H groups in total. The van der Waals surface area contributed by atoms with E-state index in [1.807, 2.05) is 57.6 Å². The third-order valence-corrected chi connectivity index (χ3v) is 27.4. The third-order valence-electron chi connectivity index (χ3n) is 27.4. The van der Waals surface area contributed by atoms with Gasteiger partial charge in [-0.1, -0.05) is 99.2 Å². The fourth-order valence-electron chi connectivity index (χ4n) is 21.4. The van der Waals surface area contributed by atoms with Crippen LogP contribution in [0.5, 0.6) is 34.5 Å². The van der Waals surface area contributed by atoms with E-state index in [-0.39, 0.29) is 90.2 Å². The van der Waals surface area contributed by atoms with Crippen molar-refractivity contribution in [2.45, 2.75) is 282 Å². The topological polar surface area (TPSA) is 401 Å². The van der Waals surface area contributed by atoms with Crippen LogP contribution in [0.3, 0.4) is 0 Å². The molecular formula is C93H115N3O26. The molecule has 6 bridgehead atoms. The largest absolute Gasteiger partial charge is 0.504 e. The van der Waals surface area contributed by atoms with Gasteiger partial charge in [0.25, 0.3) is 0 Å². The maximum atomic E-state index is 13.8. The summed E-state index contributed by atoms with van der Waals surface area (Å²) in [7, 11) is 6.00. The van der Waals surface area contributed by atoms with E-state index in [1.165, 1.54) is 34.6 Å². The first-order chi connectivity index (χ1) is 57.8. The molecule has 3 fully saturated rings. The zero-order chi connectivity index (χ0) is 86.4. The number of phenols is 3. The number of likely N-dealkylation sites (tertiary alicyclic amines) is 3. The van der Waals surface area contributed by atoms with Crippen LogP contribution >= 0.6 is 0 Å². The summed E-state index contributed by atoms with van der Waals surface area (Å²) in [4.78, 5) is 107. The molecule has 0 radical (unpaired) electrons. The molecule has 29 heteroatoms. The van der Waals surface area contributed by atoms with Crippen molar-refractivity contribution >= 4 is 47.8 Å². The van der Waals surface area contributed by atoms with Gasteiger partial charge in [0.05, 0.1) is 33.0 Å². The van der Waals surface area contributed by atoms with Crippen LogP contribution in [0.2, 0.25) is 0 Å². The van der Waals surface area contributed by atoms with Crippen LogP contribution in [0.1, 0.15) is 208 Å². The molecule has 658 valence electrons. The van der Waals surface area contributed by atoms with Gasteiger partial charge >= 0.3 is 47.8 Å². The standard InChI is InChI=1S/C35H41NO7.C33H43NO9.C25H29NO9.H2O/c1-3-4-5-6-7-8-12-15-28(38)42-30(23-13-10-9-11-14-23)33(39)41-26-18-19-35(40)27-22-24-16-17-25(37)31-29(24)34(35,32(26)43-31)20-21-36(27)2;1-5-6-7-8-9-10-11-12-26(36)40-20(2)30(37)41-21(3)31(38)42-24-15-16-33(39)25-19-22-13-14-23(35)28-27(22)32(33,29(24)43-28)17-18-34(25)4;1-12(32-14(3)27)22(29)33-13(2)23(30)34-17-7-8-25(31)18-11-15-5-6-16(28)20-19(15)24(25,21(17)35-20)9-10-26(18)4;/h3,9-11,13-14,16-18,27,30,32,37,40H,1,4-8,12,15,19-22H2,2H3;5,13-15,20-21,25,29,35,39H,1,6-12,16-19H2,2-4H3;5-7,12-13,18,21,28,31H,8-11H2,1-4H3;1H2/t27-,30+,32?,34?,35-;20-,21+,25-,29?,32?,33-;12-,13-,18+,21?,24?,25+;/m110./s1. The minimum atomic E-state index is -1.28. The predicted molar refractivity (Wildman–Crippen MR) is 440 cm³/mol. The van der Waals surface area contributed by atoms with E-state index in [2.05, 4.69) is 27.9 Å². The van der Waals surface area contributed by atoms with Crippen LogP contribution in [0.25, 0.3) is 0 Å². The number of hydrogen-bond donors (Lipinski definition) is 6. The minimum absolute atomic E-state index is 0. The van der Waals surface area contributed by atoms with Crippen LogP contribution in [-0.4, -0.2) is 217 Å². The van der Waals surface area contributed by atoms with Gasteiger partial charge in [0, 0.05) is 79.4 Å². The second-order valence-corrected chi connectivity index (χ2v) is 34.6. The number of phenolic OH excluding ortho intramolecular Hbond substituents is 3. The van der Waals surface area contributed by atoms with Crippen molar-refractivity contribution in [2.24, 2.45) is 0 Å². The van der Waals surface area contributed by atoms with Gasteiger partial charge < -0.3 is 103 Å². The first kappa shape index (κ1) is 89.6. The number of benzene rings is 4. The lowest BCUT2D eigenvalue weighted by Gasteiger charge is -2.61. The summed E-state index contributed by atoms with van der Waals surface area (Å²) in [6, 6.07) is 18.8. The van der Waals surface area contributed by atoms with Crippen molar-refractivity contribution in [3.05, 3.63) is 166 Å². The van der Waals surface area contributed by atoms with Crippen molar-refractivity contribution in [1.82, 2.24) is 14.7 Å². The summed E-state index contributed by atoms with van der Waals surface area (Å²) in [6.07, 6.45) is 16.5. The molecule has 6 heterocycles. The number of likely N-dealkylation sites (N-methyl/N-ethyl adjacent to an activating group) is 3. The second kappa shape index (κ2) is 36.0. The van der Waals surface area contributed by atoms with Crippen LogP contribution < -0.4 is 14.2 Å². The van der Waals surface area contributed by atoms with Gasteiger partial charge in [-0.05, 0) is 199 Å². The first-order valence-corrected chi connectivity index (χ1v) is 42.7. The van der Waals surface area contributed by atoms with Crippen molar-refractivity contribution in [1.29, 1.82) is 0 Å². The van der Waals surface area contributed by atoms with Crippen molar-refractivity contribution < 1.29 is 127 Å². The molecule has 3 spiro atoms. The molecule has 6 aliphatic heterocycles. The summed E-state index contributed by atoms with van der Waals surface area (Å²) in [6.45, 7) is 16.2. The number of aliphatic hydroxyl groups is 3. The van der Waals surface area contributed by atoms with Gasteiger partial charge in [-0.2, -0.15) is 0 Å². The Morgan fingerprint density at radius 3 is 1.13 bits per heavy atom. The Labute approximate surface area is 709 Å². The molecule has 0 saturated carbocycles. The zero-order valence-electron chi connectivity index (χ0n) is 70.7. The van der Waals surface area contributed by atoms with E-state index in [1.54, 1.807) is 60.7 Å². The first-order valence-electron chi connectivity index (χ1n) is 42.7. The molecule has 17 atom stereocenters. The monoisotopic (exact) mass is 1690 g/mol. The van der Waals surface area contributed by atoms with E-state index in [0.29, 0.717) is 87.3 Å². The van der Waals surface area contributed by atoms with E-state index in [9.17, 15) is 69.0 Å². The molecule has 29 nitrogen and oxygen atoms in total. The highest BCUT2D eigenvalue weighted by atomic mass is 16.6. The number of allylic oxidation sites excluding steroid dienone is 2. The van der Waals surface area contributed by atoms with E-state index in [0.717, 1.165) is 104 Å². The van der Waals surface area contributed by atoms with Crippen molar-refractivity contribution in [3.63, 3.8) is 0 Å². The molecule has 122 heavy (non-hydrogen) atoms. The third kappa shape index (κ3) is 15.7. The van der Waals surface area contributed by atoms with Crippen LogP contribution in [0.15, 0.2) is 128 Å². The number of hydrogen-bond acceptors (Lipinski definition) is 28. The van der Waals surface area contributed by atoms with Crippen LogP contribution in [0, 0.1) is 0 Å². The summed E-state index contributed by atoms with van der Waals surface area (Å²) < 4.78 is 62.6. The Kier molecular flexibility index (Phi) is 26.4. The number of piperidine rings is 3. The molecule has 16 rings (SSSR count). The van der Waals surface area contributed by atoms with Gasteiger partial charge in [0.15, 0.2) is 77.2 Å². The van der Waals surface area contributed by atoms with Gasteiger partial charge in [0.1, 0.15) is 17.3 Å². The Hall–Kier alpha value is -10.1. The predicted octanol–water partition coefficient (Wildman–Crippen LogP) is 9.68. The average Bonchev–Trinajstić information content (AvgIpc) is 1.47. The number of aromatic hydroxyl groups is 3. The highest BCUT2D eigenvalue weighted by Gasteiger charge is 2.75. The maximum Gasteiger partial charge on any atom is 0.357 e. The quantitative estimate of drug-likeness (QED) is 0.0122. The zero-order valence-corrected chi connectivity index (χ0v) is 70.7. The lowest BCUT2D eigenvalue weighted by atomic mass is 9.50. The number of carbonyl (C=O) groups excluding carboxylic acids is 8. The lowest BCUT2D eigenvalue weighted by molar-refractivity contribution is -0.180. The number of esters is 8. The van der Waals surface area contributed by atoms with Gasteiger partial charge in [-0.3, -0.25) is 14.4 Å². The Morgan fingerprint density at radius 1 is 0.443 bits per heavy atom. The van der Waals surface area contributed by atoms with E-state index < -0.39 is 130 Å². The molecule has 3 saturated heterocycles. The average molecular weight is 1690 g/mol. The van der Waals surface area contributed by atoms with Gasteiger partial charge in [0.2, 0.25) is 6.10 Å². The number of rotatable bonds is 30. The Bertz CT molecular complexity index is 4810. The smallest absolute Gasteiger partial charge is 0.357 e. The van der Waals surface area contributed by atoms with Crippen molar-refractivity contribution in [3.8, 4) is 34.5 Å². The number of ether oxygens (including phenoxy) is 11. The molecule has 4 aromatic carbocycles. The molecule has 0 amide bonds. The summed E-state index contributed by atoms with van der Waals surface area (Å²) in [5.74, 6) is -4.05. The minimum Gasteiger partial charge on any atom is -0.504 e. The Balaban J connectivity index is 0.000000158. The van der Waals surface area contributed by atoms with Gasteiger partial charge in [-0.25, -0.2) is 24.0 Å². The molecule has 6 aliphatic carbocycles. The Morgan fingerprint density at radius 2 is 0.770 bits per heavy atom. The fraction of sp³-hybridized carbons (Fsp3) is 0.548. The molecule has 0 aromatic heterocycles. The summed E-state index contributed by atoms with van der Waals surface area (Å²) in [5, 5.41) is 68.6. The number of carbonyl (C=O) groups is 8. The molecule has 12 aliphatic rings.